The molecule has 1 rings (SSSR count). The Morgan fingerprint density at radius 2 is 2.08 bits per heavy atom. The van der Waals surface area contributed by atoms with E-state index in [4.69, 9.17) is 9.84 Å². The highest BCUT2D eigenvalue weighted by Crippen LogP contribution is 2.27. The van der Waals surface area contributed by atoms with Crippen molar-refractivity contribution in [1.29, 1.82) is 0 Å². The van der Waals surface area contributed by atoms with Crippen molar-refractivity contribution in [3.05, 3.63) is 0 Å². The topological polar surface area (TPSA) is 55.8 Å². The lowest BCUT2D eigenvalue weighted by Crippen LogP contribution is -2.39. The molecule has 13 heavy (non-hydrogen) atoms. The second-order valence-electron chi connectivity index (χ2n) is 2.82. The number of hydrogen-bond donors (Lipinski definition) is 1. The molecule has 0 heterocycles. The van der Waals surface area contributed by atoms with Gasteiger partial charge < -0.3 is 14.6 Å². The fourth-order valence-corrected chi connectivity index (χ4v) is 1.10. The molecule has 0 unspecified atom stereocenters. The van der Waals surface area contributed by atoms with Crippen LogP contribution in [0, 0.1) is 0 Å². The minimum atomic E-state index is -2.76. The van der Waals surface area contributed by atoms with E-state index in [-0.39, 0.29) is 12.7 Å². The van der Waals surface area contributed by atoms with E-state index >= 15 is 0 Å². The highest BCUT2D eigenvalue weighted by Gasteiger charge is 2.33. The van der Waals surface area contributed by atoms with Gasteiger partial charge in [0.05, 0.1) is 12.2 Å². The van der Waals surface area contributed by atoms with Crippen molar-refractivity contribution in [2.75, 3.05) is 6.61 Å². The molecule has 4 nitrogen and oxygen atoms in total. The molecule has 0 atom stereocenters. The average molecular weight is 196 g/mol. The lowest BCUT2D eigenvalue weighted by molar-refractivity contribution is -0.208. The number of aliphatic carboxylic acids is 1. The number of hydrogen-bond acceptors (Lipinski definition) is 3. The first-order chi connectivity index (χ1) is 6.08. The Bertz CT molecular complexity index is 179. The summed E-state index contributed by atoms with van der Waals surface area (Å²) in [4.78, 5) is 10.0. The molecule has 76 valence electrons. The van der Waals surface area contributed by atoms with Gasteiger partial charge in [0.25, 0.3) is 0 Å². The molecule has 1 saturated carbocycles. The van der Waals surface area contributed by atoms with E-state index in [1.54, 1.807) is 0 Å². The molecule has 6 heteroatoms. The van der Waals surface area contributed by atoms with Crippen LogP contribution >= 0.6 is 0 Å². The zero-order valence-electron chi connectivity index (χ0n) is 6.78. The molecule has 0 spiro atoms. The largest absolute Gasteiger partial charge is 0.480 e. The third-order valence-electron chi connectivity index (χ3n) is 1.79. The Kier molecular flexibility index (Phi) is 3.56. The molecule has 1 N–H and O–H groups in total. The lowest BCUT2D eigenvalue weighted by Gasteiger charge is -2.33. The van der Waals surface area contributed by atoms with E-state index in [0.717, 1.165) is 0 Å². The first-order valence-corrected chi connectivity index (χ1v) is 3.85. The number of carboxylic acid groups (broad SMARTS) is 1. The van der Waals surface area contributed by atoms with Crippen LogP contribution in [-0.2, 0) is 14.3 Å². The van der Waals surface area contributed by atoms with Gasteiger partial charge in [0, 0.05) is 12.8 Å². The zero-order valence-corrected chi connectivity index (χ0v) is 6.78. The minimum Gasteiger partial charge on any atom is -0.480 e. The van der Waals surface area contributed by atoms with Gasteiger partial charge in [0.15, 0.2) is 0 Å². The predicted octanol–water partition coefficient (Wildman–Crippen LogP) is 0.858. The quantitative estimate of drug-likeness (QED) is 0.708. The molecule has 1 aliphatic rings. The summed E-state index contributed by atoms with van der Waals surface area (Å²) in [6, 6.07) is 0. The van der Waals surface area contributed by atoms with Crippen molar-refractivity contribution >= 4 is 5.97 Å². The van der Waals surface area contributed by atoms with Crippen LogP contribution in [-0.4, -0.2) is 36.5 Å². The van der Waals surface area contributed by atoms with Gasteiger partial charge in [-0.25, -0.2) is 4.79 Å². The summed E-state index contributed by atoms with van der Waals surface area (Å²) in [5.41, 5.74) is 0. The van der Waals surface area contributed by atoms with Crippen molar-refractivity contribution in [3.8, 4) is 0 Å². The summed E-state index contributed by atoms with van der Waals surface area (Å²) in [7, 11) is 0. The van der Waals surface area contributed by atoms with Crippen LogP contribution in [0.2, 0.25) is 0 Å². The Labute approximate surface area is 73.4 Å². The van der Waals surface area contributed by atoms with E-state index in [1.165, 1.54) is 0 Å². The monoisotopic (exact) mass is 196 g/mol. The SMILES string of the molecule is O=C(O)COC1CC(OC(F)F)C1. The lowest BCUT2D eigenvalue weighted by atomic mass is 9.92. The van der Waals surface area contributed by atoms with Crippen molar-refractivity contribution < 1.29 is 28.2 Å². The van der Waals surface area contributed by atoms with Gasteiger partial charge in [-0.3, -0.25) is 0 Å². The fraction of sp³-hybridized carbons (Fsp3) is 0.857. The van der Waals surface area contributed by atoms with Crippen molar-refractivity contribution in [1.82, 2.24) is 0 Å². The molecule has 1 aliphatic carbocycles. The van der Waals surface area contributed by atoms with Crippen molar-refractivity contribution in [2.45, 2.75) is 31.7 Å². The predicted molar refractivity (Wildman–Crippen MR) is 37.5 cm³/mol. The van der Waals surface area contributed by atoms with Gasteiger partial charge in [-0.15, -0.1) is 0 Å². The third kappa shape index (κ3) is 3.65. The van der Waals surface area contributed by atoms with Crippen LogP contribution in [0.5, 0.6) is 0 Å². The van der Waals surface area contributed by atoms with Gasteiger partial charge in [-0.2, -0.15) is 8.78 Å². The molecule has 0 aromatic heterocycles. The highest BCUT2D eigenvalue weighted by atomic mass is 19.3. The molecule has 0 aromatic carbocycles. The van der Waals surface area contributed by atoms with Gasteiger partial charge in [0.1, 0.15) is 6.61 Å². The second kappa shape index (κ2) is 4.48. The van der Waals surface area contributed by atoms with Crippen LogP contribution in [0.3, 0.4) is 0 Å². The summed E-state index contributed by atoms with van der Waals surface area (Å²) in [6.07, 6.45) is -0.0476. The summed E-state index contributed by atoms with van der Waals surface area (Å²) in [5.74, 6) is -1.06. The molecule has 0 saturated heterocycles. The summed E-state index contributed by atoms with van der Waals surface area (Å²) in [6.45, 7) is -3.14. The number of ether oxygens (including phenoxy) is 2. The Morgan fingerprint density at radius 1 is 1.46 bits per heavy atom. The van der Waals surface area contributed by atoms with E-state index < -0.39 is 18.7 Å². The average Bonchev–Trinajstić information content (AvgIpc) is 1.92. The maximum absolute atomic E-state index is 11.6. The maximum Gasteiger partial charge on any atom is 0.345 e. The van der Waals surface area contributed by atoms with Crippen molar-refractivity contribution in [3.63, 3.8) is 0 Å². The van der Waals surface area contributed by atoms with Gasteiger partial charge in [-0.05, 0) is 0 Å². The molecular formula is C7H10F2O4. The maximum atomic E-state index is 11.6. The van der Waals surface area contributed by atoms with E-state index in [1.807, 2.05) is 0 Å². The van der Waals surface area contributed by atoms with Crippen LogP contribution in [0.4, 0.5) is 8.78 Å². The molecule has 0 bridgehead atoms. The Morgan fingerprint density at radius 3 is 2.54 bits per heavy atom. The van der Waals surface area contributed by atoms with Gasteiger partial charge >= 0.3 is 12.6 Å². The van der Waals surface area contributed by atoms with Crippen LogP contribution in [0.25, 0.3) is 0 Å². The standard InChI is InChI=1S/C7H10F2O4/c8-7(9)13-5-1-4(2-5)12-3-6(10)11/h4-5,7H,1-3H2,(H,10,11). The molecule has 0 amide bonds. The summed E-state index contributed by atoms with van der Waals surface area (Å²) < 4.78 is 32.2. The number of carboxylic acids is 1. The van der Waals surface area contributed by atoms with Crippen LogP contribution in [0.15, 0.2) is 0 Å². The van der Waals surface area contributed by atoms with E-state index in [0.29, 0.717) is 12.8 Å². The van der Waals surface area contributed by atoms with E-state index in [2.05, 4.69) is 4.74 Å². The number of carbonyl (C=O) groups is 1. The number of rotatable bonds is 5. The summed E-state index contributed by atoms with van der Waals surface area (Å²) >= 11 is 0. The number of alkyl halides is 2. The minimum absolute atomic E-state index is 0.250. The molecule has 0 radical (unpaired) electrons. The van der Waals surface area contributed by atoms with Crippen molar-refractivity contribution in [2.24, 2.45) is 0 Å². The number of halogens is 2. The molecule has 1 fully saturated rings. The molecular weight excluding hydrogens is 186 g/mol. The fourth-order valence-electron chi connectivity index (χ4n) is 1.10. The first-order valence-electron chi connectivity index (χ1n) is 3.85. The molecule has 0 aromatic rings. The Hall–Kier alpha value is -0.750. The highest BCUT2D eigenvalue weighted by molar-refractivity contribution is 5.68. The van der Waals surface area contributed by atoms with E-state index in [9.17, 15) is 13.6 Å². The van der Waals surface area contributed by atoms with Gasteiger partial charge in [0.2, 0.25) is 0 Å². The first kappa shape index (κ1) is 10.3. The van der Waals surface area contributed by atoms with Crippen LogP contribution < -0.4 is 0 Å². The van der Waals surface area contributed by atoms with Gasteiger partial charge in [-0.1, -0.05) is 0 Å². The zero-order chi connectivity index (χ0) is 9.84. The smallest absolute Gasteiger partial charge is 0.345 e. The second-order valence-corrected chi connectivity index (χ2v) is 2.82. The van der Waals surface area contributed by atoms with Crippen LogP contribution in [0.1, 0.15) is 12.8 Å². The molecule has 0 aliphatic heterocycles. The summed E-state index contributed by atoms with van der Waals surface area (Å²) in [5, 5.41) is 8.22. The normalized spacial score (nSPS) is 27.3. The Balaban J connectivity index is 2.02. The third-order valence-corrected chi connectivity index (χ3v) is 1.79.